The number of hydrogen-bond donors (Lipinski definition) is 0. The molecule has 0 atom stereocenters. The van der Waals surface area contributed by atoms with Crippen molar-refractivity contribution in [2.24, 2.45) is 0 Å². The van der Waals surface area contributed by atoms with E-state index in [1.54, 1.807) is 6.08 Å². The fourth-order valence-corrected chi connectivity index (χ4v) is 2.22. The summed E-state index contributed by atoms with van der Waals surface area (Å²) in [6.45, 7) is 10.2. The molecule has 0 amide bonds. The molecular weight excluding hydrogens is 266 g/mol. The lowest BCUT2D eigenvalue weighted by Gasteiger charge is -2.09. The van der Waals surface area contributed by atoms with E-state index in [9.17, 15) is 5.26 Å². The summed E-state index contributed by atoms with van der Waals surface area (Å²) < 4.78 is 0. The van der Waals surface area contributed by atoms with Crippen LogP contribution in [-0.4, -0.2) is 0 Å². The quantitative estimate of drug-likeness (QED) is 0.411. The summed E-state index contributed by atoms with van der Waals surface area (Å²) in [5, 5.41) is 9.45. The first kappa shape index (κ1) is 17.5. The van der Waals surface area contributed by atoms with E-state index in [4.69, 9.17) is 6.42 Å². The third-order valence-corrected chi connectivity index (χ3v) is 3.92. The van der Waals surface area contributed by atoms with Gasteiger partial charge in [-0.2, -0.15) is 5.26 Å². The average molecular weight is 289 g/mol. The van der Waals surface area contributed by atoms with Crippen molar-refractivity contribution in [1.82, 2.24) is 0 Å². The van der Waals surface area contributed by atoms with E-state index < -0.39 is 0 Å². The van der Waals surface area contributed by atoms with Crippen LogP contribution in [0.5, 0.6) is 0 Å². The number of aryl methyl sites for hydroxylation is 3. The Balaban J connectivity index is 3.07. The SMILES string of the molecule is C#C/C=C(C)\C(C)=C/C/C=C(\C#N)c1cc(C)c(C)cc1C. The zero-order valence-corrected chi connectivity index (χ0v) is 14.1. The summed E-state index contributed by atoms with van der Waals surface area (Å²) in [6.07, 6.45) is 11.8. The number of benzene rings is 1. The maximum absolute atomic E-state index is 9.45. The molecule has 112 valence electrons. The van der Waals surface area contributed by atoms with Crippen LogP contribution in [0.4, 0.5) is 0 Å². The van der Waals surface area contributed by atoms with Gasteiger partial charge in [-0.3, -0.25) is 0 Å². The van der Waals surface area contributed by atoms with Gasteiger partial charge in [-0.15, -0.1) is 6.42 Å². The fraction of sp³-hybridized carbons (Fsp3) is 0.286. The Kier molecular flexibility index (Phi) is 6.43. The normalized spacial score (nSPS) is 12.8. The standard InChI is InChI=1S/C21H23N/c1-7-9-15(2)16(3)10-8-11-20(14-22)21-13-18(5)17(4)12-19(21)6/h1,9-13H,8H2,2-6H3/b15-9-,16-10-,20-11+. The molecule has 1 rings (SSSR count). The lowest BCUT2D eigenvalue weighted by molar-refractivity contribution is 1.26. The Morgan fingerprint density at radius 2 is 1.68 bits per heavy atom. The van der Waals surface area contributed by atoms with Crippen molar-refractivity contribution in [2.75, 3.05) is 0 Å². The molecule has 0 bridgehead atoms. The van der Waals surface area contributed by atoms with Gasteiger partial charge in [0, 0.05) is 0 Å². The largest absolute Gasteiger partial charge is 0.192 e. The predicted molar refractivity (Wildman–Crippen MR) is 95.2 cm³/mol. The van der Waals surface area contributed by atoms with Gasteiger partial charge < -0.3 is 0 Å². The van der Waals surface area contributed by atoms with Crippen LogP contribution in [0.1, 0.15) is 42.5 Å². The third kappa shape index (κ3) is 4.51. The minimum absolute atomic E-state index is 0.719. The molecule has 0 unspecified atom stereocenters. The summed E-state index contributed by atoms with van der Waals surface area (Å²) in [7, 11) is 0. The Bertz CT molecular complexity index is 728. The van der Waals surface area contributed by atoms with Crippen LogP contribution < -0.4 is 0 Å². The zero-order chi connectivity index (χ0) is 16.7. The fourth-order valence-electron chi connectivity index (χ4n) is 2.22. The molecule has 0 saturated heterocycles. The first-order valence-electron chi connectivity index (χ1n) is 7.39. The van der Waals surface area contributed by atoms with Crippen molar-refractivity contribution >= 4 is 5.57 Å². The average Bonchev–Trinajstić information content (AvgIpc) is 2.48. The lowest BCUT2D eigenvalue weighted by atomic mass is 9.95. The van der Waals surface area contributed by atoms with Crippen LogP contribution >= 0.6 is 0 Å². The predicted octanol–water partition coefficient (Wildman–Crippen LogP) is 5.43. The van der Waals surface area contributed by atoms with E-state index in [-0.39, 0.29) is 0 Å². The molecule has 0 aromatic heterocycles. The highest BCUT2D eigenvalue weighted by atomic mass is 14.3. The van der Waals surface area contributed by atoms with Crippen LogP contribution in [0.15, 0.2) is 41.5 Å². The van der Waals surface area contributed by atoms with Crippen LogP contribution in [0.25, 0.3) is 5.57 Å². The molecule has 0 spiro atoms. The summed E-state index contributed by atoms with van der Waals surface area (Å²) in [5.74, 6) is 2.53. The Labute approximate surface area is 134 Å². The summed E-state index contributed by atoms with van der Waals surface area (Å²) in [6, 6.07) is 6.55. The number of nitrogens with zero attached hydrogens (tertiary/aromatic N) is 1. The highest BCUT2D eigenvalue weighted by Crippen LogP contribution is 2.23. The highest BCUT2D eigenvalue weighted by Gasteiger charge is 2.06. The van der Waals surface area contributed by atoms with Crippen molar-refractivity contribution in [3.63, 3.8) is 0 Å². The molecule has 0 fully saturated rings. The van der Waals surface area contributed by atoms with E-state index in [0.29, 0.717) is 0 Å². The molecule has 1 heteroatoms. The van der Waals surface area contributed by atoms with Gasteiger partial charge >= 0.3 is 0 Å². The Morgan fingerprint density at radius 3 is 2.27 bits per heavy atom. The second-order valence-corrected chi connectivity index (χ2v) is 5.60. The van der Waals surface area contributed by atoms with Gasteiger partial charge in [0.05, 0.1) is 11.6 Å². The summed E-state index contributed by atoms with van der Waals surface area (Å²) >= 11 is 0. The van der Waals surface area contributed by atoms with E-state index in [1.807, 2.05) is 26.8 Å². The molecule has 0 aliphatic heterocycles. The van der Waals surface area contributed by atoms with Gasteiger partial charge in [-0.1, -0.05) is 35.8 Å². The number of hydrogen-bond acceptors (Lipinski definition) is 1. The molecule has 0 aliphatic carbocycles. The summed E-state index contributed by atoms with van der Waals surface area (Å²) in [4.78, 5) is 0. The minimum atomic E-state index is 0.719. The van der Waals surface area contributed by atoms with E-state index in [0.717, 1.165) is 34.3 Å². The lowest BCUT2D eigenvalue weighted by Crippen LogP contribution is -1.92. The second-order valence-electron chi connectivity index (χ2n) is 5.60. The molecule has 22 heavy (non-hydrogen) atoms. The first-order chi connectivity index (χ1) is 10.4. The van der Waals surface area contributed by atoms with Crippen molar-refractivity contribution in [1.29, 1.82) is 5.26 Å². The number of rotatable bonds is 4. The van der Waals surface area contributed by atoms with Crippen LogP contribution in [0.2, 0.25) is 0 Å². The van der Waals surface area contributed by atoms with Gasteiger partial charge in [-0.25, -0.2) is 0 Å². The monoisotopic (exact) mass is 289 g/mol. The molecule has 1 aromatic carbocycles. The molecular formula is C21H23N. The first-order valence-corrected chi connectivity index (χ1v) is 7.39. The number of terminal acetylenes is 1. The second kappa shape index (κ2) is 8.06. The van der Waals surface area contributed by atoms with E-state index in [2.05, 4.69) is 44.0 Å². The minimum Gasteiger partial charge on any atom is -0.192 e. The molecule has 0 aliphatic rings. The maximum Gasteiger partial charge on any atom is 0.0994 e. The summed E-state index contributed by atoms with van der Waals surface area (Å²) in [5.41, 5.74) is 7.57. The zero-order valence-electron chi connectivity index (χ0n) is 14.1. The van der Waals surface area contributed by atoms with Crippen LogP contribution in [0, 0.1) is 44.4 Å². The van der Waals surface area contributed by atoms with Gasteiger partial charge in [0.15, 0.2) is 0 Å². The van der Waals surface area contributed by atoms with Gasteiger partial charge in [-0.05, 0) is 74.9 Å². The van der Waals surface area contributed by atoms with Crippen LogP contribution in [-0.2, 0) is 0 Å². The molecule has 1 nitrogen and oxygen atoms in total. The maximum atomic E-state index is 9.45. The van der Waals surface area contributed by atoms with Crippen molar-refractivity contribution in [2.45, 2.75) is 41.0 Å². The van der Waals surface area contributed by atoms with Gasteiger partial charge in [0.2, 0.25) is 0 Å². The molecule has 0 saturated carbocycles. The molecule has 0 N–H and O–H groups in total. The highest BCUT2D eigenvalue weighted by molar-refractivity contribution is 5.79. The molecule has 1 aromatic rings. The van der Waals surface area contributed by atoms with Crippen molar-refractivity contribution in [3.05, 3.63) is 63.8 Å². The van der Waals surface area contributed by atoms with Crippen molar-refractivity contribution in [3.8, 4) is 18.4 Å². The smallest absolute Gasteiger partial charge is 0.0994 e. The Morgan fingerprint density at radius 1 is 1.05 bits per heavy atom. The third-order valence-electron chi connectivity index (χ3n) is 3.92. The van der Waals surface area contributed by atoms with Gasteiger partial charge in [0.1, 0.15) is 0 Å². The molecule has 0 heterocycles. The number of nitriles is 1. The van der Waals surface area contributed by atoms with Crippen molar-refractivity contribution < 1.29 is 0 Å². The topological polar surface area (TPSA) is 23.8 Å². The Hall–Kier alpha value is -2.51. The molecule has 0 radical (unpaired) electrons. The van der Waals surface area contributed by atoms with Gasteiger partial charge in [0.25, 0.3) is 0 Å². The van der Waals surface area contributed by atoms with E-state index in [1.165, 1.54) is 11.1 Å². The number of allylic oxidation sites excluding steroid dienone is 6. The van der Waals surface area contributed by atoms with E-state index >= 15 is 0 Å². The van der Waals surface area contributed by atoms with Crippen LogP contribution in [0.3, 0.4) is 0 Å².